The van der Waals surface area contributed by atoms with E-state index in [1.165, 1.54) is 18.4 Å². The van der Waals surface area contributed by atoms with Crippen LogP contribution < -0.4 is 10.6 Å². The smallest absolute Gasteiger partial charge is 0.341 e. The Bertz CT molecular complexity index is 836. The highest BCUT2D eigenvalue weighted by atomic mass is 32.1. The van der Waals surface area contributed by atoms with Crippen molar-refractivity contribution in [2.24, 2.45) is 0 Å². The summed E-state index contributed by atoms with van der Waals surface area (Å²) in [5.41, 5.74) is 1.40. The van der Waals surface area contributed by atoms with Gasteiger partial charge in [0.2, 0.25) is 0 Å². The van der Waals surface area contributed by atoms with E-state index >= 15 is 0 Å². The molecule has 25 heavy (non-hydrogen) atoms. The van der Waals surface area contributed by atoms with E-state index in [1.807, 2.05) is 0 Å². The second-order valence-corrected chi connectivity index (χ2v) is 7.12. The van der Waals surface area contributed by atoms with Gasteiger partial charge in [0.1, 0.15) is 16.6 Å². The lowest BCUT2D eigenvalue weighted by molar-refractivity contribution is 0.0601. The van der Waals surface area contributed by atoms with E-state index in [0.29, 0.717) is 10.6 Å². The third-order valence-electron chi connectivity index (χ3n) is 3.96. The summed E-state index contributed by atoms with van der Waals surface area (Å²) in [6.07, 6.45) is 3.82. The van der Waals surface area contributed by atoms with Gasteiger partial charge >= 0.3 is 5.97 Å². The van der Waals surface area contributed by atoms with Gasteiger partial charge in [-0.2, -0.15) is 0 Å². The Morgan fingerprint density at radius 3 is 2.76 bits per heavy atom. The number of nitrogens with one attached hydrogen (secondary N) is 2. The van der Waals surface area contributed by atoms with Gasteiger partial charge in [0, 0.05) is 10.9 Å². The van der Waals surface area contributed by atoms with E-state index in [1.54, 1.807) is 0 Å². The summed E-state index contributed by atoms with van der Waals surface area (Å²) in [6, 6.07) is 3.06. The minimum atomic E-state index is -0.621. The zero-order valence-electron chi connectivity index (χ0n) is 13.4. The van der Waals surface area contributed by atoms with Crippen molar-refractivity contribution in [1.82, 2.24) is 0 Å². The molecule has 0 saturated carbocycles. The largest absolute Gasteiger partial charge is 0.465 e. The van der Waals surface area contributed by atoms with Crippen LogP contribution in [0, 0.1) is 11.6 Å². The maximum atomic E-state index is 13.7. The molecule has 1 heterocycles. The average molecular weight is 382 g/mol. The summed E-state index contributed by atoms with van der Waals surface area (Å²) in [5, 5.41) is 6.19. The fourth-order valence-electron chi connectivity index (χ4n) is 2.82. The Morgan fingerprint density at radius 2 is 2.00 bits per heavy atom. The molecule has 1 aliphatic rings. The van der Waals surface area contributed by atoms with Crippen LogP contribution in [0.3, 0.4) is 0 Å². The zero-order chi connectivity index (χ0) is 18.0. The SMILES string of the molecule is COC(=O)c1c(NC(=S)Nc2cc(F)ccc2F)sc2c1CCCC2. The first-order valence-electron chi connectivity index (χ1n) is 7.75. The number of esters is 1. The Kier molecular flexibility index (Phi) is 5.29. The van der Waals surface area contributed by atoms with Crippen molar-refractivity contribution in [3.05, 3.63) is 45.8 Å². The van der Waals surface area contributed by atoms with E-state index < -0.39 is 17.6 Å². The van der Waals surface area contributed by atoms with Crippen LogP contribution in [0.2, 0.25) is 0 Å². The van der Waals surface area contributed by atoms with Gasteiger partial charge < -0.3 is 15.4 Å². The molecule has 0 unspecified atom stereocenters. The zero-order valence-corrected chi connectivity index (χ0v) is 15.1. The molecule has 0 atom stereocenters. The fraction of sp³-hybridized carbons (Fsp3) is 0.294. The summed E-state index contributed by atoms with van der Waals surface area (Å²) in [5.74, 6) is -1.63. The number of ether oxygens (including phenoxy) is 1. The summed E-state index contributed by atoms with van der Waals surface area (Å²) in [6.45, 7) is 0. The number of thiocarbonyl (C=S) groups is 1. The fourth-order valence-corrected chi connectivity index (χ4v) is 4.38. The number of carbonyl (C=O) groups is 1. The van der Waals surface area contributed by atoms with E-state index in [2.05, 4.69) is 10.6 Å². The van der Waals surface area contributed by atoms with Crippen LogP contribution in [0.25, 0.3) is 0 Å². The van der Waals surface area contributed by atoms with Gasteiger partial charge in [-0.25, -0.2) is 13.6 Å². The first-order chi connectivity index (χ1) is 12.0. The molecule has 0 saturated heterocycles. The molecule has 0 fully saturated rings. The monoisotopic (exact) mass is 382 g/mol. The Labute approximate surface area is 153 Å². The molecule has 8 heteroatoms. The first-order valence-corrected chi connectivity index (χ1v) is 8.98. The van der Waals surface area contributed by atoms with Gasteiger partial charge in [0.05, 0.1) is 18.4 Å². The lowest BCUT2D eigenvalue weighted by atomic mass is 9.95. The van der Waals surface area contributed by atoms with Crippen LogP contribution in [0.1, 0.15) is 33.6 Å². The van der Waals surface area contributed by atoms with Gasteiger partial charge in [0.25, 0.3) is 0 Å². The van der Waals surface area contributed by atoms with Gasteiger partial charge in [-0.15, -0.1) is 11.3 Å². The minimum absolute atomic E-state index is 0.0709. The number of fused-ring (bicyclic) bond motifs is 1. The second-order valence-electron chi connectivity index (χ2n) is 5.61. The molecule has 1 aromatic carbocycles. The molecule has 132 valence electrons. The van der Waals surface area contributed by atoms with Crippen molar-refractivity contribution in [2.45, 2.75) is 25.7 Å². The maximum absolute atomic E-state index is 13.7. The average Bonchev–Trinajstić information content (AvgIpc) is 2.95. The third-order valence-corrected chi connectivity index (χ3v) is 5.38. The highest BCUT2D eigenvalue weighted by Gasteiger charge is 2.26. The van der Waals surface area contributed by atoms with Gasteiger partial charge in [0.15, 0.2) is 5.11 Å². The molecule has 2 N–H and O–H groups in total. The number of methoxy groups -OCH3 is 1. The summed E-state index contributed by atoms with van der Waals surface area (Å²) < 4.78 is 31.9. The van der Waals surface area contributed by atoms with Crippen molar-refractivity contribution in [3.63, 3.8) is 0 Å². The highest BCUT2D eigenvalue weighted by Crippen LogP contribution is 2.38. The maximum Gasteiger partial charge on any atom is 0.341 e. The number of anilines is 2. The molecule has 3 rings (SSSR count). The molecule has 2 aromatic rings. The standard InChI is InChI=1S/C17H16F2N2O2S2/c1-23-16(22)14-10-4-2-3-5-13(10)25-15(14)21-17(24)20-12-8-9(18)6-7-11(12)19/h6-8H,2-5H2,1H3,(H2,20,21,24). The quantitative estimate of drug-likeness (QED) is 0.605. The predicted molar refractivity (Wildman–Crippen MR) is 98.5 cm³/mol. The number of rotatable bonds is 3. The van der Waals surface area contributed by atoms with Crippen molar-refractivity contribution < 1.29 is 18.3 Å². The van der Waals surface area contributed by atoms with Crippen molar-refractivity contribution in [2.75, 3.05) is 17.7 Å². The van der Waals surface area contributed by atoms with E-state index in [9.17, 15) is 13.6 Å². The van der Waals surface area contributed by atoms with Crippen molar-refractivity contribution in [1.29, 1.82) is 0 Å². The van der Waals surface area contributed by atoms with Crippen LogP contribution in [-0.2, 0) is 17.6 Å². The van der Waals surface area contributed by atoms with Gasteiger partial charge in [-0.05, 0) is 55.6 Å². The van der Waals surface area contributed by atoms with Crippen LogP contribution in [-0.4, -0.2) is 18.2 Å². The molecule has 1 aromatic heterocycles. The van der Waals surface area contributed by atoms with Gasteiger partial charge in [-0.1, -0.05) is 0 Å². The number of hydrogen-bond acceptors (Lipinski definition) is 4. The topological polar surface area (TPSA) is 50.4 Å². The molecule has 0 bridgehead atoms. The molecular formula is C17H16F2N2O2S2. The lowest BCUT2D eigenvalue weighted by Crippen LogP contribution is -2.21. The lowest BCUT2D eigenvalue weighted by Gasteiger charge is -2.13. The summed E-state index contributed by atoms with van der Waals surface area (Å²) >= 11 is 6.63. The van der Waals surface area contributed by atoms with E-state index in [-0.39, 0.29) is 10.8 Å². The Hall–Kier alpha value is -2.06. The van der Waals surface area contributed by atoms with Crippen molar-refractivity contribution >= 4 is 45.3 Å². The molecule has 0 aliphatic heterocycles. The molecule has 0 spiro atoms. The summed E-state index contributed by atoms with van der Waals surface area (Å²) in [7, 11) is 1.33. The summed E-state index contributed by atoms with van der Waals surface area (Å²) in [4.78, 5) is 13.3. The molecule has 1 aliphatic carbocycles. The molecule has 0 amide bonds. The number of carbonyl (C=O) groups excluding carboxylic acids is 1. The number of halogens is 2. The molecule has 0 radical (unpaired) electrons. The van der Waals surface area contributed by atoms with Crippen LogP contribution >= 0.6 is 23.6 Å². The van der Waals surface area contributed by atoms with Crippen molar-refractivity contribution in [3.8, 4) is 0 Å². The predicted octanol–water partition coefficient (Wildman–Crippen LogP) is 4.50. The van der Waals surface area contributed by atoms with Crippen LogP contribution in [0.15, 0.2) is 18.2 Å². The first kappa shape index (κ1) is 17.8. The Balaban J connectivity index is 1.84. The second kappa shape index (κ2) is 7.45. The van der Waals surface area contributed by atoms with Crippen LogP contribution in [0.5, 0.6) is 0 Å². The molecule has 4 nitrogen and oxygen atoms in total. The van der Waals surface area contributed by atoms with Crippen LogP contribution in [0.4, 0.5) is 19.5 Å². The third kappa shape index (κ3) is 3.80. The Morgan fingerprint density at radius 1 is 1.24 bits per heavy atom. The highest BCUT2D eigenvalue weighted by molar-refractivity contribution is 7.80. The number of thiophene rings is 1. The molecular weight excluding hydrogens is 366 g/mol. The minimum Gasteiger partial charge on any atom is -0.465 e. The number of benzene rings is 1. The van der Waals surface area contributed by atoms with E-state index in [0.717, 1.165) is 54.3 Å². The normalized spacial score (nSPS) is 13.1. The number of aryl methyl sites for hydroxylation is 1. The van der Waals surface area contributed by atoms with E-state index in [4.69, 9.17) is 17.0 Å². The van der Waals surface area contributed by atoms with Gasteiger partial charge in [-0.3, -0.25) is 0 Å². The number of hydrogen-bond donors (Lipinski definition) is 2.